The molecule has 0 fully saturated rings. The van der Waals surface area contributed by atoms with Crippen LogP contribution in [-0.2, 0) is 65.4 Å². The molecule has 3 N–H and O–H groups in total. The number of ether oxygens (including phenoxy) is 4. The van der Waals surface area contributed by atoms with Crippen LogP contribution in [0.15, 0.2) is 24.3 Å². The zero-order chi connectivity index (χ0) is 74.2. The van der Waals surface area contributed by atoms with Gasteiger partial charge in [-0.1, -0.05) is 355 Å². The lowest BCUT2D eigenvalue weighted by Crippen LogP contribution is -2.30. The van der Waals surface area contributed by atoms with Crippen LogP contribution in [0.1, 0.15) is 408 Å². The fourth-order valence-electron chi connectivity index (χ4n) is 12.1. The number of rotatable bonds is 79. The van der Waals surface area contributed by atoms with Gasteiger partial charge < -0.3 is 33.8 Å². The van der Waals surface area contributed by atoms with Crippen LogP contribution < -0.4 is 0 Å². The lowest BCUT2D eigenvalue weighted by molar-refractivity contribution is -0.161. The Hall–Kier alpha value is -2.46. The van der Waals surface area contributed by atoms with E-state index in [0.29, 0.717) is 25.7 Å². The van der Waals surface area contributed by atoms with Gasteiger partial charge in [-0.2, -0.15) is 0 Å². The van der Waals surface area contributed by atoms with Gasteiger partial charge in [0, 0.05) is 25.7 Å². The number of esters is 4. The van der Waals surface area contributed by atoms with Crippen LogP contribution in [0.2, 0.25) is 0 Å². The van der Waals surface area contributed by atoms with Crippen molar-refractivity contribution in [2.24, 2.45) is 11.8 Å². The maximum Gasteiger partial charge on any atom is 0.472 e. The molecule has 0 amide bonds. The predicted octanol–water partition coefficient (Wildman–Crippen LogP) is 24.2. The summed E-state index contributed by atoms with van der Waals surface area (Å²) in [5, 5.41) is 10.6. The smallest absolute Gasteiger partial charge is 0.462 e. The summed E-state index contributed by atoms with van der Waals surface area (Å²) in [7, 11) is -9.93. The van der Waals surface area contributed by atoms with Gasteiger partial charge in [0.2, 0.25) is 0 Å². The van der Waals surface area contributed by atoms with Gasteiger partial charge in [-0.15, -0.1) is 0 Å². The van der Waals surface area contributed by atoms with E-state index >= 15 is 0 Å². The van der Waals surface area contributed by atoms with Gasteiger partial charge in [0.05, 0.1) is 26.4 Å². The van der Waals surface area contributed by atoms with Gasteiger partial charge in [0.15, 0.2) is 12.2 Å². The summed E-state index contributed by atoms with van der Waals surface area (Å²) < 4.78 is 68.7. The van der Waals surface area contributed by atoms with E-state index in [4.69, 9.17) is 37.0 Å². The summed E-state index contributed by atoms with van der Waals surface area (Å²) in [6, 6.07) is 0. The third kappa shape index (κ3) is 74.2. The molecule has 0 spiro atoms. The van der Waals surface area contributed by atoms with E-state index in [0.717, 1.165) is 121 Å². The van der Waals surface area contributed by atoms with Crippen molar-refractivity contribution in [3.05, 3.63) is 24.3 Å². The van der Waals surface area contributed by atoms with E-state index in [9.17, 15) is 43.2 Å². The molecule has 19 heteroatoms. The monoisotopic (exact) mass is 1480 g/mol. The summed E-state index contributed by atoms with van der Waals surface area (Å²) in [6.07, 6.45) is 66.0. The Labute approximate surface area is 618 Å². The van der Waals surface area contributed by atoms with Gasteiger partial charge >= 0.3 is 39.5 Å². The first-order chi connectivity index (χ1) is 48.9. The summed E-state index contributed by atoms with van der Waals surface area (Å²) in [5.74, 6) is -0.544. The van der Waals surface area contributed by atoms with E-state index in [1.807, 2.05) is 0 Å². The molecule has 0 bridgehead atoms. The van der Waals surface area contributed by atoms with Crippen molar-refractivity contribution in [1.29, 1.82) is 0 Å². The highest BCUT2D eigenvalue weighted by Gasteiger charge is 2.30. The number of aliphatic hydroxyl groups excluding tert-OH is 1. The van der Waals surface area contributed by atoms with Crippen LogP contribution in [0, 0.1) is 11.8 Å². The number of carbonyl (C=O) groups is 4. The molecule has 17 nitrogen and oxygen atoms in total. The molecule has 0 aliphatic heterocycles. The zero-order valence-electron chi connectivity index (χ0n) is 65.7. The normalized spacial score (nSPS) is 14.3. The minimum atomic E-state index is -4.97. The minimum absolute atomic E-state index is 0.101. The third-order valence-corrected chi connectivity index (χ3v) is 20.8. The molecule has 596 valence electrons. The maximum atomic E-state index is 13.1. The summed E-state index contributed by atoms with van der Waals surface area (Å²) >= 11 is 0. The molecule has 6 atom stereocenters. The molecular formula is C82H156O17P2. The van der Waals surface area contributed by atoms with Crippen molar-refractivity contribution < 1.29 is 80.2 Å². The van der Waals surface area contributed by atoms with Crippen molar-refractivity contribution in [3.63, 3.8) is 0 Å². The SMILES string of the molecule is CCCCCC/C=C\C=C/CCCCCCCC(=O)OC[C@H](COP(=O)(O)OC[C@@H](O)COP(=O)(O)OC[C@@H](COC(=O)CCCCCCCCCCC(C)C)OC(=O)CCCCCCCCCCCCCCC)OC(=O)CCCCCCCCCCCCCCCCCCCCC(C)CC. The molecule has 0 saturated carbocycles. The van der Waals surface area contributed by atoms with Gasteiger partial charge in [0.1, 0.15) is 19.3 Å². The van der Waals surface area contributed by atoms with Crippen LogP contribution in [0.25, 0.3) is 0 Å². The Morgan fingerprint density at radius 1 is 0.327 bits per heavy atom. The van der Waals surface area contributed by atoms with Gasteiger partial charge in [-0.3, -0.25) is 37.3 Å². The van der Waals surface area contributed by atoms with Crippen LogP contribution in [0.5, 0.6) is 0 Å². The van der Waals surface area contributed by atoms with Crippen LogP contribution in [0.4, 0.5) is 0 Å². The molecule has 0 aliphatic carbocycles. The van der Waals surface area contributed by atoms with Gasteiger partial charge in [-0.25, -0.2) is 9.13 Å². The van der Waals surface area contributed by atoms with Crippen molar-refractivity contribution in [2.45, 2.75) is 426 Å². The number of phosphoric ester groups is 2. The van der Waals surface area contributed by atoms with Crippen molar-refractivity contribution in [3.8, 4) is 0 Å². The summed E-state index contributed by atoms with van der Waals surface area (Å²) in [5.41, 5.74) is 0. The van der Waals surface area contributed by atoms with Crippen LogP contribution in [0.3, 0.4) is 0 Å². The first kappa shape index (κ1) is 98.5. The van der Waals surface area contributed by atoms with Crippen molar-refractivity contribution in [1.82, 2.24) is 0 Å². The Bertz CT molecular complexity index is 2040. The predicted molar refractivity (Wildman–Crippen MR) is 414 cm³/mol. The number of allylic oxidation sites excluding steroid dienone is 4. The topological polar surface area (TPSA) is 237 Å². The fraction of sp³-hybridized carbons (Fsp3) is 0.902. The number of carbonyl (C=O) groups excluding carboxylic acids is 4. The highest BCUT2D eigenvalue weighted by atomic mass is 31.2. The van der Waals surface area contributed by atoms with Crippen molar-refractivity contribution >= 4 is 39.5 Å². The highest BCUT2D eigenvalue weighted by Crippen LogP contribution is 2.45. The Kier molecular flexibility index (Phi) is 71.3. The second kappa shape index (κ2) is 73.1. The number of hydrogen-bond donors (Lipinski definition) is 3. The Morgan fingerprint density at radius 3 is 0.891 bits per heavy atom. The quantitative estimate of drug-likeness (QED) is 0.0169. The number of unbranched alkanes of at least 4 members (excludes halogenated alkanes) is 45. The summed E-state index contributed by atoms with van der Waals surface area (Å²) in [6.45, 7) is 9.60. The van der Waals surface area contributed by atoms with Crippen LogP contribution in [-0.4, -0.2) is 96.7 Å². The lowest BCUT2D eigenvalue weighted by Gasteiger charge is -2.21. The molecule has 0 aromatic heterocycles. The van der Waals surface area contributed by atoms with Gasteiger partial charge in [-0.05, 0) is 63.2 Å². The fourth-order valence-corrected chi connectivity index (χ4v) is 13.7. The third-order valence-electron chi connectivity index (χ3n) is 18.9. The standard InChI is InChI=1S/C82H156O17P2/c1-7-10-12-14-16-18-20-22-27-32-35-39-46-52-58-64-79(84)92-70-77(98-82(87)67-61-55-49-41-37-33-29-26-24-23-25-28-31-34-38-45-51-57-63-75(6)9-3)72-96-100(88,89)94-68-76(83)69-95-101(90,91)97-73-78(71-93-80(85)65-59-53-47-43-42-44-50-56-62-74(4)5)99-81(86)66-60-54-48-40-36-30-21-19-17-15-13-11-8-2/h18,20,22,27,74-78,83H,7-17,19,21,23-26,28-73H2,1-6H3,(H,88,89)(H,90,91)/b20-18-,27-22-/t75?,76-,77-,78-/m1/s1. The molecular weight excluding hydrogens is 1320 g/mol. The average Bonchev–Trinajstić information content (AvgIpc) is 0.959. The zero-order valence-corrected chi connectivity index (χ0v) is 67.5. The largest absolute Gasteiger partial charge is 0.472 e. The Balaban J connectivity index is 5.25. The molecule has 101 heavy (non-hydrogen) atoms. The lowest BCUT2D eigenvalue weighted by atomic mass is 9.99. The molecule has 0 heterocycles. The molecule has 0 rings (SSSR count). The van der Waals surface area contributed by atoms with E-state index in [2.05, 4.69) is 65.8 Å². The van der Waals surface area contributed by atoms with E-state index in [1.165, 1.54) is 205 Å². The first-order valence-electron chi connectivity index (χ1n) is 41.8. The molecule has 0 aromatic carbocycles. The number of phosphoric acid groups is 2. The summed E-state index contributed by atoms with van der Waals surface area (Å²) in [4.78, 5) is 73.0. The molecule has 0 aliphatic rings. The molecule has 0 radical (unpaired) electrons. The van der Waals surface area contributed by atoms with Crippen molar-refractivity contribution in [2.75, 3.05) is 39.6 Å². The average molecular weight is 1480 g/mol. The second-order valence-corrected chi connectivity index (χ2v) is 32.5. The van der Waals surface area contributed by atoms with E-state index in [-0.39, 0.29) is 25.7 Å². The second-order valence-electron chi connectivity index (χ2n) is 29.5. The van der Waals surface area contributed by atoms with Crippen LogP contribution >= 0.6 is 15.6 Å². The van der Waals surface area contributed by atoms with Gasteiger partial charge in [0.25, 0.3) is 0 Å². The Morgan fingerprint density at radius 2 is 0.584 bits per heavy atom. The maximum absolute atomic E-state index is 13.1. The van der Waals surface area contributed by atoms with E-state index < -0.39 is 97.5 Å². The molecule has 0 aromatic rings. The number of hydrogen-bond acceptors (Lipinski definition) is 15. The highest BCUT2D eigenvalue weighted by molar-refractivity contribution is 7.47. The first-order valence-corrected chi connectivity index (χ1v) is 44.8. The minimum Gasteiger partial charge on any atom is -0.462 e. The number of aliphatic hydroxyl groups is 1. The van der Waals surface area contributed by atoms with E-state index in [1.54, 1.807) is 0 Å². The molecule has 0 saturated heterocycles. The molecule has 3 unspecified atom stereocenters.